The van der Waals surface area contributed by atoms with Crippen LogP contribution in [0.25, 0.3) is 0 Å². The van der Waals surface area contributed by atoms with Gasteiger partial charge < -0.3 is 10.5 Å². The highest BCUT2D eigenvalue weighted by Crippen LogP contribution is 2.44. The van der Waals surface area contributed by atoms with Crippen LogP contribution in [-0.2, 0) is 4.74 Å². The van der Waals surface area contributed by atoms with Crippen molar-refractivity contribution in [3.8, 4) is 0 Å². The van der Waals surface area contributed by atoms with Crippen LogP contribution in [0.3, 0.4) is 0 Å². The van der Waals surface area contributed by atoms with Gasteiger partial charge in [0, 0.05) is 21.6 Å². The minimum Gasteiger partial charge on any atom is -0.459 e. The van der Waals surface area contributed by atoms with Crippen LogP contribution < -0.4 is 5.73 Å². The molecular formula is C27H29NO4S. The first-order valence-electron chi connectivity index (χ1n) is 11.8. The molecule has 5 rings (SSSR count). The lowest BCUT2D eigenvalue weighted by atomic mass is 9.67. The van der Waals surface area contributed by atoms with E-state index in [2.05, 4.69) is 6.92 Å². The van der Waals surface area contributed by atoms with Gasteiger partial charge in [-0.1, -0.05) is 37.6 Å². The highest BCUT2D eigenvalue weighted by atomic mass is 32.2. The van der Waals surface area contributed by atoms with Crippen LogP contribution in [-0.4, -0.2) is 29.9 Å². The van der Waals surface area contributed by atoms with Crippen molar-refractivity contribution in [3.63, 3.8) is 0 Å². The summed E-state index contributed by atoms with van der Waals surface area (Å²) < 4.78 is 5.93. The number of benzene rings is 2. The standard InChI is InChI=1S/C27H29NO4S/c1-14-7-8-16-12-17(10-9-15(16)11-14)32-27(31)20-13-21(33-2)22-23(24(20)28)26(30)19-6-4-3-5-18(19)25(22)29/h3-6,13-17H,7-12,28H2,1-2H3. The molecule has 0 heterocycles. The van der Waals surface area contributed by atoms with Gasteiger partial charge in [0.25, 0.3) is 0 Å². The molecule has 3 aliphatic carbocycles. The lowest BCUT2D eigenvalue weighted by molar-refractivity contribution is -0.00485. The molecule has 0 saturated heterocycles. The maximum absolute atomic E-state index is 13.3. The summed E-state index contributed by atoms with van der Waals surface area (Å²) in [4.78, 5) is 40.3. The number of carbonyl (C=O) groups is 3. The van der Waals surface area contributed by atoms with Gasteiger partial charge in [-0.25, -0.2) is 4.79 Å². The first-order valence-corrected chi connectivity index (χ1v) is 13.0. The molecule has 3 aliphatic rings. The quantitative estimate of drug-likeness (QED) is 0.312. The summed E-state index contributed by atoms with van der Waals surface area (Å²) in [6.07, 6.45) is 8.27. The van der Waals surface area contributed by atoms with Crippen molar-refractivity contribution in [1.82, 2.24) is 0 Å². The zero-order valence-electron chi connectivity index (χ0n) is 19.1. The van der Waals surface area contributed by atoms with E-state index in [1.54, 1.807) is 30.3 Å². The van der Waals surface area contributed by atoms with E-state index in [-0.39, 0.29) is 40.0 Å². The van der Waals surface area contributed by atoms with Crippen molar-refractivity contribution in [3.05, 3.63) is 58.1 Å². The average molecular weight is 464 g/mol. The number of nitrogen functional groups attached to an aromatic ring is 1. The van der Waals surface area contributed by atoms with Gasteiger partial charge in [-0.05, 0) is 62.2 Å². The van der Waals surface area contributed by atoms with Crippen LogP contribution in [0.1, 0.15) is 87.6 Å². The Kier molecular flexibility index (Phi) is 5.81. The molecule has 172 valence electrons. The third kappa shape index (κ3) is 3.78. The van der Waals surface area contributed by atoms with Gasteiger partial charge in [-0.3, -0.25) is 9.59 Å². The molecule has 0 aliphatic heterocycles. The van der Waals surface area contributed by atoms with Crippen molar-refractivity contribution in [2.24, 2.45) is 17.8 Å². The third-order valence-corrected chi connectivity index (χ3v) is 8.50. The molecule has 4 atom stereocenters. The summed E-state index contributed by atoms with van der Waals surface area (Å²) in [5.74, 6) is 1.09. The molecule has 2 fully saturated rings. The fourth-order valence-corrected chi connectivity index (χ4v) is 6.65. The number of ether oxygens (including phenoxy) is 1. The van der Waals surface area contributed by atoms with Gasteiger partial charge in [0.05, 0.1) is 16.8 Å². The maximum Gasteiger partial charge on any atom is 0.340 e. The Labute approximate surface area is 198 Å². The number of rotatable bonds is 3. The summed E-state index contributed by atoms with van der Waals surface area (Å²) in [6.45, 7) is 2.33. The lowest BCUT2D eigenvalue weighted by Crippen LogP contribution is -2.35. The average Bonchev–Trinajstić information content (AvgIpc) is 2.82. The zero-order chi connectivity index (χ0) is 23.3. The fraction of sp³-hybridized carbons (Fsp3) is 0.444. The molecule has 0 amide bonds. The monoisotopic (exact) mass is 463 g/mol. The first-order chi connectivity index (χ1) is 15.9. The Morgan fingerprint density at radius 2 is 1.61 bits per heavy atom. The molecule has 0 radical (unpaired) electrons. The molecule has 2 N–H and O–H groups in total. The lowest BCUT2D eigenvalue weighted by Gasteiger charge is -2.41. The fourth-order valence-electron chi connectivity index (χ4n) is 6.02. The Balaban J connectivity index is 1.44. The minimum atomic E-state index is -0.502. The molecule has 2 aromatic carbocycles. The number of esters is 1. The molecule has 2 aromatic rings. The van der Waals surface area contributed by atoms with Crippen molar-refractivity contribution in [1.29, 1.82) is 0 Å². The number of hydrogen-bond acceptors (Lipinski definition) is 6. The topological polar surface area (TPSA) is 86.5 Å². The Hall–Kier alpha value is -2.60. The third-order valence-electron chi connectivity index (χ3n) is 7.74. The highest BCUT2D eigenvalue weighted by molar-refractivity contribution is 7.98. The summed E-state index contributed by atoms with van der Waals surface area (Å²) in [5.41, 5.74) is 7.72. The van der Waals surface area contributed by atoms with Crippen molar-refractivity contribution < 1.29 is 19.1 Å². The SMILES string of the molecule is CSc1cc(C(=O)OC2CCC3CC(C)CCC3C2)c(N)c2c1C(=O)c1ccccc1C2=O. The number of fused-ring (bicyclic) bond motifs is 3. The van der Waals surface area contributed by atoms with Gasteiger partial charge >= 0.3 is 5.97 Å². The molecular weight excluding hydrogens is 434 g/mol. The first kappa shape index (κ1) is 22.2. The van der Waals surface area contributed by atoms with E-state index in [1.165, 1.54) is 31.0 Å². The van der Waals surface area contributed by atoms with Crippen molar-refractivity contribution in [2.45, 2.75) is 56.4 Å². The van der Waals surface area contributed by atoms with Crippen LogP contribution in [0.15, 0.2) is 35.2 Å². The molecule has 6 heteroatoms. The summed E-state index contributed by atoms with van der Waals surface area (Å²) in [5, 5.41) is 0. The highest BCUT2D eigenvalue weighted by Gasteiger charge is 2.38. The van der Waals surface area contributed by atoms with Gasteiger partial charge in [0.2, 0.25) is 0 Å². The molecule has 0 bridgehead atoms. The number of anilines is 1. The van der Waals surface area contributed by atoms with Gasteiger partial charge in [-0.2, -0.15) is 0 Å². The Bertz CT molecular complexity index is 1160. The van der Waals surface area contributed by atoms with E-state index >= 15 is 0 Å². The van der Waals surface area contributed by atoms with Crippen LogP contribution in [0, 0.1) is 17.8 Å². The second-order valence-electron chi connectivity index (χ2n) is 9.77. The van der Waals surface area contributed by atoms with Gasteiger partial charge in [-0.15, -0.1) is 11.8 Å². The second kappa shape index (κ2) is 8.64. The summed E-state index contributed by atoms with van der Waals surface area (Å²) >= 11 is 1.33. The van der Waals surface area contributed by atoms with Crippen LogP contribution in [0.2, 0.25) is 0 Å². The van der Waals surface area contributed by atoms with E-state index in [0.717, 1.165) is 31.1 Å². The Morgan fingerprint density at radius 3 is 2.30 bits per heavy atom. The van der Waals surface area contributed by atoms with E-state index in [0.29, 0.717) is 21.9 Å². The largest absolute Gasteiger partial charge is 0.459 e. The predicted octanol–water partition coefficient (Wildman–Crippen LogP) is 5.53. The van der Waals surface area contributed by atoms with Crippen LogP contribution in [0.5, 0.6) is 0 Å². The number of nitrogens with two attached hydrogens (primary N) is 1. The molecule has 5 nitrogen and oxygen atoms in total. The van der Waals surface area contributed by atoms with Gasteiger partial charge in [0.1, 0.15) is 6.10 Å². The smallest absolute Gasteiger partial charge is 0.340 e. The predicted molar refractivity (Wildman–Crippen MR) is 129 cm³/mol. The maximum atomic E-state index is 13.3. The second-order valence-corrected chi connectivity index (χ2v) is 10.6. The molecule has 0 spiro atoms. The summed E-state index contributed by atoms with van der Waals surface area (Å²) in [7, 11) is 0. The minimum absolute atomic E-state index is 0.0424. The van der Waals surface area contributed by atoms with Crippen LogP contribution in [0.4, 0.5) is 5.69 Å². The number of ketones is 2. The van der Waals surface area contributed by atoms with E-state index in [9.17, 15) is 14.4 Å². The van der Waals surface area contributed by atoms with E-state index in [1.807, 2.05) is 6.26 Å². The number of carbonyl (C=O) groups excluding carboxylic acids is 3. The Morgan fingerprint density at radius 1 is 0.970 bits per heavy atom. The van der Waals surface area contributed by atoms with Crippen LogP contribution >= 0.6 is 11.8 Å². The summed E-state index contributed by atoms with van der Waals surface area (Å²) in [6, 6.07) is 8.37. The normalized spacial score (nSPS) is 26.2. The zero-order valence-corrected chi connectivity index (χ0v) is 19.9. The van der Waals surface area contributed by atoms with Gasteiger partial charge in [0.15, 0.2) is 11.6 Å². The van der Waals surface area contributed by atoms with Crippen molar-refractivity contribution >= 4 is 35.0 Å². The molecule has 2 saturated carbocycles. The van der Waals surface area contributed by atoms with Crippen molar-refractivity contribution in [2.75, 3.05) is 12.0 Å². The molecule has 33 heavy (non-hydrogen) atoms. The number of thioether (sulfide) groups is 1. The molecule has 0 aromatic heterocycles. The van der Waals surface area contributed by atoms with E-state index < -0.39 is 5.97 Å². The number of hydrogen-bond donors (Lipinski definition) is 1. The molecule has 4 unspecified atom stereocenters. The van der Waals surface area contributed by atoms with E-state index in [4.69, 9.17) is 10.5 Å².